The molecule has 0 aromatic rings. The van der Waals surface area contributed by atoms with E-state index < -0.39 is 0 Å². The van der Waals surface area contributed by atoms with Gasteiger partial charge in [-0.25, -0.2) is 0 Å². The maximum atomic E-state index is 12.3. The minimum absolute atomic E-state index is 0.358. The van der Waals surface area contributed by atoms with E-state index in [2.05, 4.69) is 33.4 Å². The van der Waals surface area contributed by atoms with E-state index in [9.17, 15) is 4.79 Å². The number of carbonyl (C=O) groups excluding carboxylic acids is 1. The number of hydrogen-bond donors (Lipinski definition) is 1. The molecule has 0 saturated heterocycles. The van der Waals surface area contributed by atoms with Gasteiger partial charge in [0.05, 0.1) is 0 Å². The minimum atomic E-state index is 0.358. The van der Waals surface area contributed by atoms with Crippen LogP contribution in [0, 0.1) is 23.7 Å². The van der Waals surface area contributed by atoms with Gasteiger partial charge in [0.15, 0.2) is 0 Å². The molecule has 0 radical (unpaired) electrons. The van der Waals surface area contributed by atoms with E-state index in [1.165, 1.54) is 103 Å². The van der Waals surface area contributed by atoms with Gasteiger partial charge in [-0.15, -0.1) is 0 Å². The van der Waals surface area contributed by atoms with Crippen molar-refractivity contribution in [3.63, 3.8) is 0 Å². The quantitative estimate of drug-likeness (QED) is 0.449. The molecule has 3 unspecified atom stereocenters. The summed E-state index contributed by atoms with van der Waals surface area (Å²) in [4.78, 5) is 12.3. The highest BCUT2D eigenvalue weighted by Crippen LogP contribution is 2.37. The van der Waals surface area contributed by atoms with Crippen LogP contribution in [-0.2, 0) is 4.79 Å². The van der Waals surface area contributed by atoms with Crippen LogP contribution in [0.15, 0.2) is 0 Å². The molecule has 1 aliphatic rings. The maximum Gasteiger partial charge on any atom is 0.142 e. The average Bonchev–Trinajstić information content (AvgIpc) is 2.68. The second-order valence-electron chi connectivity index (χ2n) is 9.96. The van der Waals surface area contributed by atoms with Gasteiger partial charge in [-0.2, -0.15) is 12.6 Å². The van der Waals surface area contributed by atoms with Crippen molar-refractivity contribution in [3.05, 3.63) is 0 Å². The maximum absolute atomic E-state index is 12.3. The Morgan fingerprint density at radius 1 is 0.714 bits per heavy atom. The number of rotatable bonds is 5. The van der Waals surface area contributed by atoms with Crippen molar-refractivity contribution < 1.29 is 4.79 Å². The zero-order valence-corrected chi connectivity index (χ0v) is 20.3. The summed E-state index contributed by atoms with van der Waals surface area (Å²) in [5, 5.41) is 0. The van der Waals surface area contributed by atoms with Crippen LogP contribution in [0.2, 0.25) is 0 Å². The van der Waals surface area contributed by atoms with Crippen LogP contribution in [0.4, 0.5) is 0 Å². The summed E-state index contributed by atoms with van der Waals surface area (Å²) >= 11 is 4.27. The summed E-state index contributed by atoms with van der Waals surface area (Å²) in [6.07, 6.45) is 23.0. The molecule has 0 bridgehead atoms. The van der Waals surface area contributed by atoms with Gasteiger partial charge in [0.2, 0.25) is 0 Å². The molecule has 3 atom stereocenters. The topological polar surface area (TPSA) is 17.1 Å². The molecule has 166 valence electrons. The lowest BCUT2D eigenvalue weighted by Gasteiger charge is -2.34. The van der Waals surface area contributed by atoms with Gasteiger partial charge in [-0.1, -0.05) is 111 Å². The van der Waals surface area contributed by atoms with E-state index in [0.717, 1.165) is 6.42 Å². The molecule has 0 aromatic carbocycles. The predicted molar refractivity (Wildman–Crippen MR) is 128 cm³/mol. The summed E-state index contributed by atoms with van der Waals surface area (Å²) in [5.41, 5.74) is 0. The van der Waals surface area contributed by atoms with Gasteiger partial charge < -0.3 is 0 Å². The summed E-state index contributed by atoms with van der Waals surface area (Å²) in [6.45, 7) is 7.18. The lowest BCUT2D eigenvalue weighted by molar-refractivity contribution is -0.118. The highest BCUT2D eigenvalue weighted by Gasteiger charge is 2.29. The zero-order chi connectivity index (χ0) is 20.6. The van der Waals surface area contributed by atoms with Gasteiger partial charge in [0.25, 0.3) is 0 Å². The van der Waals surface area contributed by atoms with E-state index in [0.29, 0.717) is 35.2 Å². The van der Waals surface area contributed by atoms with Gasteiger partial charge >= 0.3 is 0 Å². The lowest BCUT2D eigenvalue weighted by atomic mass is 9.71. The van der Waals surface area contributed by atoms with Crippen molar-refractivity contribution in [2.75, 3.05) is 5.75 Å². The molecule has 0 aromatic heterocycles. The van der Waals surface area contributed by atoms with Crippen LogP contribution < -0.4 is 0 Å². The molecule has 2 heteroatoms. The first-order valence-electron chi connectivity index (χ1n) is 12.7. The number of carbonyl (C=O) groups is 1. The summed E-state index contributed by atoms with van der Waals surface area (Å²) in [6, 6.07) is 0. The Kier molecular flexibility index (Phi) is 15.6. The standard InChI is InChI=1S/C26H50OS/c1-22(2)23(3)26-19-17-15-13-11-9-7-5-4-6-8-10-12-14-16-18-24(26)20-25(27)21-28/h22-24,26,28H,4-21H2,1-3H3. The second kappa shape index (κ2) is 16.8. The van der Waals surface area contributed by atoms with Crippen molar-refractivity contribution in [2.24, 2.45) is 23.7 Å². The largest absolute Gasteiger partial charge is 0.299 e. The fourth-order valence-corrected chi connectivity index (χ4v) is 5.28. The van der Waals surface area contributed by atoms with Crippen LogP contribution in [0.1, 0.15) is 130 Å². The lowest BCUT2D eigenvalue weighted by Crippen LogP contribution is -2.28. The highest BCUT2D eigenvalue weighted by molar-refractivity contribution is 7.81. The van der Waals surface area contributed by atoms with Crippen molar-refractivity contribution in [1.29, 1.82) is 0 Å². The molecule has 0 aliphatic heterocycles. The Labute approximate surface area is 182 Å². The van der Waals surface area contributed by atoms with E-state index >= 15 is 0 Å². The molecule has 28 heavy (non-hydrogen) atoms. The van der Waals surface area contributed by atoms with Gasteiger partial charge in [0, 0.05) is 12.2 Å². The third kappa shape index (κ3) is 11.9. The molecular weight excluding hydrogens is 360 g/mol. The summed E-state index contributed by atoms with van der Waals surface area (Å²) in [5.74, 6) is 3.48. The Bertz CT molecular complexity index is 379. The first kappa shape index (κ1) is 26.1. The van der Waals surface area contributed by atoms with E-state index in [1.54, 1.807) is 0 Å². The third-order valence-electron chi connectivity index (χ3n) is 7.36. The van der Waals surface area contributed by atoms with Gasteiger partial charge in [-0.05, 0) is 36.5 Å². The van der Waals surface area contributed by atoms with E-state index in [-0.39, 0.29) is 0 Å². The second-order valence-corrected chi connectivity index (χ2v) is 10.3. The molecule has 1 saturated carbocycles. The van der Waals surface area contributed by atoms with Crippen LogP contribution in [0.5, 0.6) is 0 Å². The van der Waals surface area contributed by atoms with Crippen molar-refractivity contribution >= 4 is 18.4 Å². The first-order valence-corrected chi connectivity index (χ1v) is 13.3. The van der Waals surface area contributed by atoms with Gasteiger partial charge in [0.1, 0.15) is 5.78 Å². The summed E-state index contributed by atoms with van der Waals surface area (Å²) in [7, 11) is 0. The normalized spacial score (nSPS) is 26.3. The molecule has 1 nitrogen and oxygen atoms in total. The van der Waals surface area contributed by atoms with Crippen molar-refractivity contribution in [1.82, 2.24) is 0 Å². The van der Waals surface area contributed by atoms with Crippen molar-refractivity contribution in [2.45, 2.75) is 130 Å². The van der Waals surface area contributed by atoms with Crippen LogP contribution in [0.3, 0.4) is 0 Å². The highest BCUT2D eigenvalue weighted by atomic mass is 32.1. The molecular formula is C26H50OS. The Morgan fingerprint density at radius 2 is 1.11 bits per heavy atom. The molecule has 1 aliphatic carbocycles. The Morgan fingerprint density at radius 3 is 1.50 bits per heavy atom. The SMILES string of the molecule is CC(C)C(C)C1CCCCCCCCCCCCCCCCC1CC(=O)CS. The fourth-order valence-electron chi connectivity index (χ4n) is 5.15. The van der Waals surface area contributed by atoms with E-state index in [4.69, 9.17) is 0 Å². The molecule has 1 rings (SSSR count). The summed E-state index contributed by atoms with van der Waals surface area (Å²) < 4.78 is 0. The number of hydrogen-bond acceptors (Lipinski definition) is 2. The fraction of sp³-hybridized carbons (Fsp3) is 0.962. The predicted octanol–water partition coefficient (Wildman–Crippen LogP) is 8.66. The van der Waals surface area contributed by atoms with Crippen molar-refractivity contribution in [3.8, 4) is 0 Å². The van der Waals surface area contributed by atoms with E-state index in [1.807, 2.05) is 0 Å². The Hall–Kier alpha value is 0.0200. The average molecular weight is 411 g/mol. The minimum Gasteiger partial charge on any atom is -0.299 e. The molecule has 0 spiro atoms. The number of Topliss-reactive ketones (excluding diaryl/α,β-unsaturated/α-hetero) is 1. The number of ketones is 1. The molecule has 0 amide bonds. The first-order chi connectivity index (χ1) is 13.6. The molecule has 1 fully saturated rings. The van der Waals surface area contributed by atoms with Crippen LogP contribution in [0.25, 0.3) is 0 Å². The van der Waals surface area contributed by atoms with Crippen LogP contribution in [-0.4, -0.2) is 11.5 Å². The number of thiol groups is 1. The Balaban J connectivity index is 2.71. The monoisotopic (exact) mass is 410 g/mol. The molecule has 0 heterocycles. The zero-order valence-electron chi connectivity index (χ0n) is 19.4. The smallest absolute Gasteiger partial charge is 0.142 e. The van der Waals surface area contributed by atoms with Gasteiger partial charge in [-0.3, -0.25) is 4.79 Å². The van der Waals surface area contributed by atoms with Crippen LogP contribution >= 0.6 is 12.6 Å². The molecule has 0 N–H and O–H groups in total. The third-order valence-corrected chi connectivity index (χ3v) is 7.71.